The van der Waals surface area contributed by atoms with Gasteiger partial charge < -0.3 is 14.7 Å². The molecule has 4 nitrogen and oxygen atoms in total. The van der Waals surface area contributed by atoms with Crippen LogP contribution in [0.3, 0.4) is 0 Å². The smallest absolute Gasteiger partial charge is 0.252 e. The number of benzene rings is 7. The fraction of sp³-hybridized carbons (Fsp3) is 0.299. The van der Waals surface area contributed by atoms with E-state index >= 15 is 0 Å². The first-order valence-electron chi connectivity index (χ1n) is 26.5. The predicted octanol–water partition coefficient (Wildman–Crippen LogP) is 16.1. The van der Waals surface area contributed by atoms with Crippen molar-refractivity contribution in [1.29, 1.82) is 0 Å². The summed E-state index contributed by atoms with van der Waals surface area (Å²) in [6, 6.07) is 63.1. The van der Waals surface area contributed by atoms with Crippen LogP contribution in [0.5, 0.6) is 0 Å². The van der Waals surface area contributed by atoms with E-state index in [0.717, 1.165) is 18.5 Å². The van der Waals surface area contributed by atoms with Crippen LogP contribution in [0.1, 0.15) is 124 Å². The van der Waals surface area contributed by atoms with Crippen LogP contribution >= 0.6 is 0 Å². The van der Waals surface area contributed by atoms with Gasteiger partial charge >= 0.3 is 0 Å². The minimum Gasteiger partial charge on any atom is -0.334 e. The zero-order valence-corrected chi connectivity index (χ0v) is 44.4. The molecule has 1 fully saturated rings. The lowest BCUT2D eigenvalue weighted by molar-refractivity contribution is 0.195. The van der Waals surface area contributed by atoms with Gasteiger partial charge in [-0.05, 0) is 153 Å². The Morgan fingerprint density at radius 1 is 0.458 bits per heavy atom. The second-order valence-electron chi connectivity index (χ2n) is 24.8. The second-order valence-corrected chi connectivity index (χ2v) is 24.8. The Morgan fingerprint density at radius 3 is 1.83 bits per heavy atom. The lowest BCUT2D eigenvalue weighted by atomic mass is 9.33. The number of para-hydroxylation sites is 1. The molecule has 3 aliphatic heterocycles. The molecule has 0 N–H and O–H groups in total. The molecule has 72 heavy (non-hydrogen) atoms. The van der Waals surface area contributed by atoms with Gasteiger partial charge in [0.25, 0.3) is 6.71 Å². The Balaban J connectivity index is 1.21. The Morgan fingerprint density at radius 2 is 1.10 bits per heavy atom. The molecule has 0 amide bonds. The normalized spacial score (nSPS) is 19.1. The first-order chi connectivity index (χ1) is 34.3. The highest BCUT2D eigenvalue weighted by Gasteiger charge is 2.58. The van der Waals surface area contributed by atoms with E-state index in [1.54, 1.807) is 0 Å². The summed E-state index contributed by atoms with van der Waals surface area (Å²) < 4.78 is 0. The van der Waals surface area contributed by atoms with E-state index in [9.17, 15) is 0 Å². The molecule has 4 heterocycles. The Bertz CT molecular complexity index is 3430. The molecule has 5 heteroatoms. The average Bonchev–Trinajstić information content (AvgIpc) is 3.58. The molecular formula is C67H69BN4. The molecule has 8 aromatic rings. The molecule has 0 spiro atoms. The number of rotatable bonds is 5. The molecule has 1 saturated carbocycles. The third-order valence-corrected chi connectivity index (χ3v) is 17.3. The van der Waals surface area contributed by atoms with E-state index in [-0.39, 0.29) is 33.9 Å². The van der Waals surface area contributed by atoms with E-state index in [1.165, 1.54) is 114 Å². The van der Waals surface area contributed by atoms with Crippen molar-refractivity contribution in [3.8, 4) is 22.4 Å². The van der Waals surface area contributed by atoms with Crippen LogP contribution in [0.25, 0.3) is 22.4 Å². The van der Waals surface area contributed by atoms with Gasteiger partial charge in [0.2, 0.25) is 0 Å². The maximum absolute atomic E-state index is 4.86. The highest BCUT2D eigenvalue weighted by molar-refractivity contribution is 7.00. The molecular weight excluding hydrogens is 872 g/mol. The summed E-state index contributed by atoms with van der Waals surface area (Å²) in [5.41, 5.74) is 23.5. The van der Waals surface area contributed by atoms with E-state index in [4.69, 9.17) is 4.98 Å². The number of anilines is 8. The summed E-state index contributed by atoms with van der Waals surface area (Å²) in [4.78, 5) is 12.9. The highest BCUT2D eigenvalue weighted by Crippen LogP contribution is 2.62. The summed E-state index contributed by atoms with van der Waals surface area (Å²) in [5.74, 6) is 0. The van der Waals surface area contributed by atoms with Crippen molar-refractivity contribution in [1.82, 2.24) is 4.98 Å². The van der Waals surface area contributed by atoms with Crippen LogP contribution in [-0.2, 0) is 21.7 Å². The maximum Gasteiger partial charge on any atom is 0.252 e. The highest BCUT2D eigenvalue weighted by atomic mass is 15.3. The second kappa shape index (κ2) is 16.3. The van der Waals surface area contributed by atoms with Gasteiger partial charge in [0.05, 0.1) is 16.9 Å². The molecule has 2 unspecified atom stereocenters. The van der Waals surface area contributed by atoms with Crippen molar-refractivity contribution in [2.45, 2.75) is 129 Å². The Hall–Kier alpha value is -6.85. The van der Waals surface area contributed by atoms with Gasteiger partial charge in [-0.3, -0.25) is 4.98 Å². The standard InChI is InChI=1S/C67H69BN4/c1-63(2,3)46-24-21-25-49(39-46)70-59-41-48(65(7,8)9)30-32-54(59)68-53-26-15-16-28-58(53)71(56-34-31-47(64(4,5)6)40-51(56)44-22-13-12-14-23-44)61-43-50(42-60(70)62(61)68)72-57-33-29-45(55-27-17-20-37-69-55)38-52(57)66(10)35-18-19-36-67(66,72)11/h12-17,20-34,37-43H,18-19,35-36H2,1-11H3. The van der Waals surface area contributed by atoms with Crippen molar-refractivity contribution in [2.75, 3.05) is 14.7 Å². The minimum atomic E-state index is -0.194. The number of aromatic nitrogens is 1. The fourth-order valence-electron chi connectivity index (χ4n) is 13.1. The number of hydrogen-bond donors (Lipinski definition) is 0. The SMILES string of the molecule is CC(C)(C)c1cccc(N2c3cc(C(C)(C)C)ccc3B3c4ccccc4N(c4ccc(C(C)(C)C)cc4-c4ccccc4)c4cc(N5c6ccc(-c7ccccn7)cc6C6(C)CCCCC56C)cc2c43)c1. The van der Waals surface area contributed by atoms with Gasteiger partial charge in [-0.2, -0.15) is 0 Å². The van der Waals surface area contributed by atoms with Gasteiger partial charge in [-0.15, -0.1) is 0 Å². The topological polar surface area (TPSA) is 22.6 Å². The summed E-state index contributed by atoms with van der Waals surface area (Å²) in [6.45, 7) is 26.2. The van der Waals surface area contributed by atoms with Crippen LogP contribution in [-0.4, -0.2) is 17.2 Å². The average molecular weight is 941 g/mol. The first kappa shape index (κ1) is 46.2. The summed E-state index contributed by atoms with van der Waals surface area (Å²) in [5, 5.41) is 0. The third-order valence-electron chi connectivity index (χ3n) is 17.3. The van der Waals surface area contributed by atoms with E-state index < -0.39 is 0 Å². The molecule has 7 aromatic carbocycles. The lowest BCUT2D eigenvalue weighted by Gasteiger charge is -2.51. The molecule has 4 aliphatic rings. The van der Waals surface area contributed by atoms with Crippen LogP contribution < -0.4 is 31.1 Å². The van der Waals surface area contributed by atoms with Crippen LogP contribution in [0.4, 0.5) is 45.5 Å². The largest absolute Gasteiger partial charge is 0.334 e. The van der Waals surface area contributed by atoms with Crippen molar-refractivity contribution >= 4 is 68.6 Å². The third kappa shape index (κ3) is 7.12. The monoisotopic (exact) mass is 941 g/mol. The Labute approximate surface area is 429 Å². The first-order valence-corrected chi connectivity index (χ1v) is 26.5. The molecule has 0 bridgehead atoms. The van der Waals surface area contributed by atoms with Gasteiger partial charge in [0.15, 0.2) is 0 Å². The maximum atomic E-state index is 4.86. The van der Waals surface area contributed by atoms with Crippen molar-refractivity contribution in [2.24, 2.45) is 0 Å². The molecule has 1 aliphatic carbocycles. The van der Waals surface area contributed by atoms with E-state index in [2.05, 4.69) is 249 Å². The number of nitrogens with zero attached hydrogens (tertiary/aromatic N) is 4. The summed E-state index contributed by atoms with van der Waals surface area (Å²) >= 11 is 0. The summed E-state index contributed by atoms with van der Waals surface area (Å²) in [7, 11) is 0. The molecule has 0 radical (unpaired) electrons. The molecule has 12 rings (SSSR count). The number of hydrogen-bond acceptors (Lipinski definition) is 4. The van der Waals surface area contributed by atoms with Crippen molar-refractivity contribution in [3.63, 3.8) is 0 Å². The Kier molecular flexibility index (Phi) is 10.5. The van der Waals surface area contributed by atoms with Crippen LogP contribution in [0.2, 0.25) is 0 Å². The van der Waals surface area contributed by atoms with Gasteiger partial charge in [0.1, 0.15) is 0 Å². The number of fused-ring (bicyclic) bond motifs is 7. The van der Waals surface area contributed by atoms with Gasteiger partial charge in [0, 0.05) is 62.6 Å². The van der Waals surface area contributed by atoms with Gasteiger partial charge in [-0.1, -0.05) is 173 Å². The van der Waals surface area contributed by atoms with Crippen LogP contribution in [0.15, 0.2) is 170 Å². The van der Waals surface area contributed by atoms with E-state index in [1.807, 2.05) is 12.3 Å². The number of pyridine rings is 1. The summed E-state index contributed by atoms with van der Waals surface area (Å²) in [6.07, 6.45) is 6.56. The minimum absolute atomic E-state index is 0.00100. The zero-order chi connectivity index (χ0) is 50.1. The molecule has 1 aromatic heterocycles. The molecule has 2 atom stereocenters. The molecule has 360 valence electrons. The van der Waals surface area contributed by atoms with Gasteiger partial charge in [-0.25, -0.2) is 0 Å². The van der Waals surface area contributed by atoms with Crippen LogP contribution in [0, 0.1) is 0 Å². The fourth-order valence-corrected chi connectivity index (χ4v) is 13.1. The van der Waals surface area contributed by atoms with E-state index in [0.29, 0.717) is 0 Å². The lowest BCUT2D eigenvalue weighted by Crippen LogP contribution is -2.61. The quantitative estimate of drug-likeness (QED) is 0.160. The molecule has 0 saturated heterocycles. The zero-order valence-electron chi connectivity index (χ0n) is 44.4. The van der Waals surface area contributed by atoms with Crippen molar-refractivity contribution in [3.05, 3.63) is 192 Å². The van der Waals surface area contributed by atoms with Crippen molar-refractivity contribution < 1.29 is 0 Å². The predicted molar refractivity (Wildman–Crippen MR) is 308 cm³/mol.